The summed E-state index contributed by atoms with van der Waals surface area (Å²) in [6.45, 7) is 7.16. The quantitative estimate of drug-likeness (QED) is 0.409. The van der Waals surface area contributed by atoms with Crippen LogP contribution in [0, 0.1) is 13.8 Å². The van der Waals surface area contributed by atoms with Crippen LogP contribution in [0.15, 0.2) is 29.2 Å². The molecule has 8 nitrogen and oxygen atoms in total. The van der Waals surface area contributed by atoms with Crippen LogP contribution in [0.2, 0.25) is 0 Å². The van der Waals surface area contributed by atoms with Crippen molar-refractivity contribution in [1.29, 1.82) is 0 Å². The molecule has 0 atom stereocenters. The van der Waals surface area contributed by atoms with Crippen LogP contribution < -0.4 is 5.32 Å². The summed E-state index contributed by atoms with van der Waals surface area (Å²) in [5.74, 6) is -0.935. The topological polar surface area (TPSA) is 110 Å². The maximum atomic E-state index is 12.7. The fraction of sp³-hybridized carbons (Fsp3) is 0.409. The van der Waals surface area contributed by atoms with Crippen LogP contribution in [-0.4, -0.2) is 50.6 Å². The Balaban J connectivity index is 1.97. The molecule has 1 aromatic heterocycles. The van der Waals surface area contributed by atoms with Crippen LogP contribution in [0.3, 0.4) is 0 Å². The summed E-state index contributed by atoms with van der Waals surface area (Å²) in [5, 5.41) is 3.19. The lowest BCUT2D eigenvalue weighted by Gasteiger charge is -2.17. The third kappa shape index (κ3) is 6.02. The molecule has 1 aromatic carbocycles. The van der Waals surface area contributed by atoms with Crippen LogP contribution in [0.4, 0.5) is 5.00 Å². The second kappa shape index (κ2) is 10.8. The van der Waals surface area contributed by atoms with E-state index in [-0.39, 0.29) is 36.2 Å². The van der Waals surface area contributed by atoms with Crippen molar-refractivity contribution in [2.24, 2.45) is 0 Å². The van der Waals surface area contributed by atoms with Gasteiger partial charge in [0.1, 0.15) is 5.00 Å². The number of amides is 1. The molecule has 0 spiro atoms. The number of thiophene rings is 1. The normalized spacial score (nSPS) is 11.4. The van der Waals surface area contributed by atoms with E-state index in [1.807, 2.05) is 6.92 Å². The van der Waals surface area contributed by atoms with Crippen LogP contribution in [-0.2, 0) is 19.6 Å². The summed E-state index contributed by atoms with van der Waals surface area (Å²) in [6.07, 6.45) is 0.382. The van der Waals surface area contributed by atoms with Crippen molar-refractivity contribution in [2.45, 2.75) is 45.4 Å². The van der Waals surface area contributed by atoms with Crippen molar-refractivity contribution in [2.75, 3.05) is 25.5 Å². The molecule has 0 fully saturated rings. The molecule has 0 aliphatic carbocycles. The van der Waals surface area contributed by atoms with E-state index in [1.54, 1.807) is 13.8 Å². The Hall–Kier alpha value is -2.56. The predicted octanol–water partition coefficient (Wildman–Crippen LogP) is 3.78. The van der Waals surface area contributed by atoms with Gasteiger partial charge < -0.3 is 10.1 Å². The Morgan fingerprint density at radius 3 is 2.31 bits per heavy atom. The molecule has 10 heteroatoms. The minimum atomic E-state index is -3.73. The molecule has 32 heavy (non-hydrogen) atoms. The van der Waals surface area contributed by atoms with Crippen molar-refractivity contribution in [3.63, 3.8) is 0 Å². The fourth-order valence-electron chi connectivity index (χ4n) is 2.98. The number of ether oxygens (including phenoxy) is 1. The number of carbonyl (C=O) groups is 3. The Labute approximate surface area is 192 Å². The van der Waals surface area contributed by atoms with Gasteiger partial charge in [0, 0.05) is 30.5 Å². The number of aryl methyl sites for hydroxylation is 1. The summed E-state index contributed by atoms with van der Waals surface area (Å²) in [7, 11) is -2.29. The van der Waals surface area contributed by atoms with Gasteiger partial charge in [0.2, 0.25) is 15.9 Å². The number of Topliss-reactive ketones (excluding diaryl/α,β-unsaturated/α-hetero) is 1. The molecule has 2 aromatic rings. The molecular weight excluding hydrogens is 452 g/mol. The SMILES string of the molecule is CCOC(=O)c1c(NC(=O)CCCN(C)S(=O)(=O)c2ccc(C(C)=O)cc2)sc(C)c1C. The summed E-state index contributed by atoms with van der Waals surface area (Å²) >= 11 is 1.30. The Morgan fingerprint density at radius 1 is 1.12 bits per heavy atom. The Morgan fingerprint density at radius 2 is 1.75 bits per heavy atom. The lowest BCUT2D eigenvalue weighted by molar-refractivity contribution is -0.116. The highest BCUT2D eigenvalue weighted by Gasteiger charge is 2.23. The summed E-state index contributed by atoms with van der Waals surface area (Å²) in [6, 6.07) is 5.74. The van der Waals surface area contributed by atoms with E-state index < -0.39 is 16.0 Å². The van der Waals surface area contributed by atoms with Crippen molar-refractivity contribution in [3.05, 3.63) is 45.8 Å². The molecule has 0 saturated heterocycles. The molecule has 2 rings (SSSR count). The van der Waals surface area contributed by atoms with E-state index in [1.165, 1.54) is 53.9 Å². The first kappa shape index (κ1) is 25.7. The molecule has 1 amide bonds. The fourth-order valence-corrected chi connectivity index (χ4v) is 5.25. The number of nitrogens with one attached hydrogen (secondary N) is 1. The van der Waals surface area contributed by atoms with E-state index >= 15 is 0 Å². The van der Waals surface area contributed by atoms with E-state index in [2.05, 4.69) is 5.32 Å². The number of hydrogen-bond donors (Lipinski definition) is 1. The zero-order valence-electron chi connectivity index (χ0n) is 18.9. The first-order valence-electron chi connectivity index (χ1n) is 10.1. The monoisotopic (exact) mass is 480 g/mol. The largest absolute Gasteiger partial charge is 0.462 e. The number of sulfonamides is 1. The Kier molecular flexibility index (Phi) is 8.71. The number of anilines is 1. The molecule has 0 saturated carbocycles. The minimum Gasteiger partial charge on any atom is -0.462 e. The van der Waals surface area contributed by atoms with Gasteiger partial charge in [-0.3, -0.25) is 9.59 Å². The lowest BCUT2D eigenvalue weighted by Crippen LogP contribution is -2.28. The van der Waals surface area contributed by atoms with Crippen molar-refractivity contribution in [1.82, 2.24) is 4.31 Å². The van der Waals surface area contributed by atoms with Gasteiger partial charge in [-0.1, -0.05) is 12.1 Å². The van der Waals surface area contributed by atoms with Crippen molar-refractivity contribution >= 4 is 44.0 Å². The number of benzene rings is 1. The molecule has 1 heterocycles. The molecule has 0 aliphatic rings. The number of carbonyl (C=O) groups excluding carboxylic acids is 3. The van der Waals surface area contributed by atoms with E-state index in [4.69, 9.17) is 4.74 Å². The highest BCUT2D eigenvalue weighted by molar-refractivity contribution is 7.89. The minimum absolute atomic E-state index is 0.0815. The zero-order valence-corrected chi connectivity index (χ0v) is 20.5. The average Bonchev–Trinajstić information content (AvgIpc) is 3.01. The number of hydrogen-bond acceptors (Lipinski definition) is 7. The number of rotatable bonds is 10. The van der Waals surface area contributed by atoms with E-state index in [0.717, 1.165) is 10.4 Å². The number of nitrogens with zero attached hydrogens (tertiary/aromatic N) is 1. The zero-order chi connectivity index (χ0) is 24.1. The van der Waals surface area contributed by atoms with Gasteiger partial charge in [0.25, 0.3) is 0 Å². The van der Waals surface area contributed by atoms with Gasteiger partial charge in [0.05, 0.1) is 17.1 Å². The van der Waals surface area contributed by atoms with Crippen LogP contribution in [0.1, 0.15) is 57.8 Å². The summed E-state index contributed by atoms with van der Waals surface area (Å²) in [5.41, 5.74) is 1.56. The van der Waals surface area contributed by atoms with Crippen LogP contribution >= 0.6 is 11.3 Å². The molecular formula is C22H28N2O6S2. The average molecular weight is 481 g/mol. The van der Waals surface area contributed by atoms with Gasteiger partial charge in [-0.15, -0.1) is 11.3 Å². The molecule has 0 unspecified atom stereocenters. The lowest BCUT2D eigenvalue weighted by atomic mass is 10.1. The third-order valence-corrected chi connectivity index (χ3v) is 7.96. The smallest absolute Gasteiger partial charge is 0.341 e. The number of esters is 1. The first-order valence-corrected chi connectivity index (χ1v) is 12.4. The van der Waals surface area contributed by atoms with Crippen molar-refractivity contribution in [3.8, 4) is 0 Å². The summed E-state index contributed by atoms with van der Waals surface area (Å²) in [4.78, 5) is 37.0. The maximum absolute atomic E-state index is 12.7. The maximum Gasteiger partial charge on any atom is 0.341 e. The van der Waals surface area contributed by atoms with Gasteiger partial charge >= 0.3 is 5.97 Å². The second-order valence-corrected chi connectivity index (χ2v) is 10.5. The molecule has 0 radical (unpaired) electrons. The third-order valence-electron chi connectivity index (χ3n) is 4.96. The second-order valence-electron chi connectivity index (χ2n) is 7.27. The predicted molar refractivity (Wildman–Crippen MR) is 124 cm³/mol. The van der Waals surface area contributed by atoms with E-state index in [0.29, 0.717) is 22.5 Å². The highest BCUT2D eigenvalue weighted by atomic mass is 32.2. The summed E-state index contributed by atoms with van der Waals surface area (Å²) < 4.78 is 31.6. The standard InChI is InChI=1S/C22H28N2O6S2/c1-6-30-22(27)20-14(2)16(4)31-21(20)23-19(26)8-7-13-24(5)32(28,29)18-11-9-17(10-12-18)15(3)25/h9-12H,6-8,13H2,1-5H3,(H,23,26). The van der Waals surface area contributed by atoms with E-state index in [9.17, 15) is 22.8 Å². The van der Waals surface area contributed by atoms with Crippen LogP contribution in [0.25, 0.3) is 0 Å². The molecule has 0 aliphatic heterocycles. The molecule has 1 N–H and O–H groups in total. The highest BCUT2D eigenvalue weighted by Crippen LogP contribution is 2.33. The molecule has 174 valence electrons. The van der Waals surface area contributed by atoms with Crippen molar-refractivity contribution < 1.29 is 27.5 Å². The Bertz CT molecular complexity index is 1100. The molecule has 0 bridgehead atoms. The van der Waals surface area contributed by atoms with Gasteiger partial charge in [0.15, 0.2) is 5.78 Å². The van der Waals surface area contributed by atoms with Gasteiger partial charge in [-0.05, 0) is 51.8 Å². The van der Waals surface area contributed by atoms with Gasteiger partial charge in [-0.25, -0.2) is 17.5 Å². The van der Waals surface area contributed by atoms with Gasteiger partial charge in [-0.2, -0.15) is 0 Å². The number of ketones is 1. The first-order chi connectivity index (χ1) is 15.0. The van der Waals surface area contributed by atoms with Crippen LogP contribution in [0.5, 0.6) is 0 Å².